The summed E-state index contributed by atoms with van der Waals surface area (Å²) in [5.41, 5.74) is 3.34. The van der Waals surface area contributed by atoms with Crippen molar-refractivity contribution in [1.82, 2.24) is 4.57 Å². The molecule has 26 heavy (non-hydrogen) atoms. The Bertz CT molecular complexity index is 1200. The molecule has 1 N–H and O–H groups in total. The maximum atomic E-state index is 13.5. The van der Waals surface area contributed by atoms with Crippen molar-refractivity contribution < 1.29 is 14.6 Å². The maximum absolute atomic E-state index is 13.5. The van der Waals surface area contributed by atoms with Crippen LogP contribution < -0.4 is 4.74 Å². The summed E-state index contributed by atoms with van der Waals surface area (Å²) in [7, 11) is 0. The minimum Gasteiger partial charge on any atom is -0.508 e. The minimum absolute atomic E-state index is 0.00147. The fraction of sp³-hybridized carbons (Fsp3) is 0.136. The van der Waals surface area contributed by atoms with Gasteiger partial charge in [-0.25, -0.2) is 0 Å². The first-order valence-electron chi connectivity index (χ1n) is 8.66. The molecule has 1 aliphatic rings. The van der Waals surface area contributed by atoms with Crippen LogP contribution >= 0.6 is 0 Å². The number of phenolic OH excluding ortho intramolecular Hbond substituents is 1. The number of ether oxygens (including phenoxy) is 1. The van der Waals surface area contributed by atoms with Crippen LogP contribution in [0.5, 0.6) is 11.5 Å². The van der Waals surface area contributed by atoms with Gasteiger partial charge in [0.05, 0.1) is 17.6 Å². The normalized spacial score (nSPS) is 13.1. The summed E-state index contributed by atoms with van der Waals surface area (Å²) < 4.78 is 7.95. The summed E-state index contributed by atoms with van der Waals surface area (Å²) in [5, 5.41) is 12.4. The number of aromatic hydroxyl groups is 1. The number of fused-ring (bicyclic) bond motifs is 1. The number of ketones is 1. The van der Waals surface area contributed by atoms with Crippen LogP contribution in [-0.4, -0.2) is 22.1 Å². The first-order valence-corrected chi connectivity index (χ1v) is 8.66. The molecule has 5 rings (SSSR count). The molecule has 0 atom stereocenters. The molecule has 2 heterocycles. The van der Waals surface area contributed by atoms with E-state index < -0.39 is 0 Å². The van der Waals surface area contributed by atoms with Gasteiger partial charge in [0.25, 0.3) is 0 Å². The number of hydrogen-bond donors (Lipinski definition) is 1. The van der Waals surface area contributed by atoms with Crippen LogP contribution in [0, 0.1) is 6.92 Å². The number of benzene rings is 3. The molecule has 0 spiro atoms. The number of carbonyl (C=O) groups excluding carboxylic acids is 1. The highest BCUT2D eigenvalue weighted by Gasteiger charge is 2.25. The van der Waals surface area contributed by atoms with Crippen LogP contribution in [-0.2, 0) is 6.54 Å². The highest BCUT2D eigenvalue weighted by molar-refractivity contribution is 6.22. The van der Waals surface area contributed by atoms with Gasteiger partial charge >= 0.3 is 0 Å². The van der Waals surface area contributed by atoms with Crippen molar-refractivity contribution in [2.24, 2.45) is 0 Å². The first kappa shape index (κ1) is 15.0. The van der Waals surface area contributed by atoms with Crippen LogP contribution in [0.3, 0.4) is 0 Å². The van der Waals surface area contributed by atoms with Crippen molar-refractivity contribution in [2.45, 2.75) is 13.5 Å². The Morgan fingerprint density at radius 1 is 1.08 bits per heavy atom. The van der Waals surface area contributed by atoms with Gasteiger partial charge in [0.1, 0.15) is 18.1 Å². The molecule has 0 unspecified atom stereocenters. The summed E-state index contributed by atoms with van der Waals surface area (Å²) in [6.07, 6.45) is 0. The molecule has 4 nitrogen and oxygen atoms in total. The second kappa shape index (κ2) is 5.36. The largest absolute Gasteiger partial charge is 0.508 e. The van der Waals surface area contributed by atoms with E-state index in [2.05, 4.69) is 4.57 Å². The molecular weight excluding hydrogens is 326 g/mol. The number of para-hydroxylation sites is 1. The maximum Gasteiger partial charge on any atom is 0.196 e. The Hall–Kier alpha value is -3.27. The van der Waals surface area contributed by atoms with Crippen molar-refractivity contribution in [1.29, 1.82) is 0 Å². The predicted octanol–water partition coefficient (Wildman–Crippen LogP) is 4.43. The van der Waals surface area contributed by atoms with Gasteiger partial charge in [-0.15, -0.1) is 0 Å². The van der Waals surface area contributed by atoms with Gasteiger partial charge < -0.3 is 14.4 Å². The SMILES string of the molecule is Cc1c(C(=O)c2cccc3cc(O)ccc23)c2cccc3c2n1CCO3. The topological polar surface area (TPSA) is 51.5 Å². The summed E-state index contributed by atoms with van der Waals surface area (Å²) in [6, 6.07) is 16.6. The van der Waals surface area contributed by atoms with Crippen LogP contribution in [0.15, 0.2) is 54.6 Å². The zero-order chi connectivity index (χ0) is 17.8. The molecule has 1 aromatic heterocycles. The fourth-order valence-corrected chi connectivity index (χ4v) is 4.03. The van der Waals surface area contributed by atoms with E-state index in [-0.39, 0.29) is 11.5 Å². The molecular formula is C22H17NO3. The van der Waals surface area contributed by atoms with Crippen molar-refractivity contribution in [2.75, 3.05) is 6.61 Å². The molecule has 128 valence electrons. The average Bonchev–Trinajstić information content (AvgIpc) is 2.95. The zero-order valence-corrected chi connectivity index (χ0v) is 14.3. The van der Waals surface area contributed by atoms with Gasteiger partial charge in [0.2, 0.25) is 0 Å². The van der Waals surface area contributed by atoms with E-state index in [1.165, 1.54) is 0 Å². The van der Waals surface area contributed by atoms with Crippen molar-refractivity contribution in [3.05, 3.63) is 71.4 Å². The summed E-state index contributed by atoms with van der Waals surface area (Å²) >= 11 is 0. The van der Waals surface area contributed by atoms with Crippen molar-refractivity contribution in [3.8, 4) is 11.5 Å². The van der Waals surface area contributed by atoms with Crippen molar-refractivity contribution in [3.63, 3.8) is 0 Å². The Labute approximate surface area is 150 Å². The van der Waals surface area contributed by atoms with Crippen molar-refractivity contribution >= 4 is 27.5 Å². The Morgan fingerprint density at radius 3 is 2.81 bits per heavy atom. The molecule has 0 saturated carbocycles. The lowest BCUT2D eigenvalue weighted by molar-refractivity contribution is 0.104. The molecule has 0 fully saturated rings. The summed E-state index contributed by atoms with van der Waals surface area (Å²) in [4.78, 5) is 13.5. The predicted molar refractivity (Wildman–Crippen MR) is 101 cm³/mol. The van der Waals surface area contributed by atoms with E-state index in [1.807, 2.05) is 43.3 Å². The van der Waals surface area contributed by atoms with Gasteiger partial charge in [-0.1, -0.05) is 30.3 Å². The lowest BCUT2D eigenvalue weighted by Crippen LogP contribution is -2.15. The van der Waals surface area contributed by atoms with Gasteiger partial charge in [-0.2, -0.15) is 0 Å². The molecule has 0 aliphatic carbocycles. The van der Waals surface area contributed by atoms with Gasteiger partial charge in [-0.3, -0.25) is 4.79 Å². The lowest BCUT2D eigenvalue weighted by atomic mass is 9.95. The molecule has 0 saturated heterocycles. The molecule has 0 bridgehead atoms. The number of aromatic nitrogens is 1. The standard InChI is InChI=1S/C22H17NO3/c1-13-20(18-6-3-7-19-21(18)23(13)10-11-26-19)22(25)17-5-2-4-14-12-15(24)8-9-16(14)17/h2-9,12,24H,10-11H2,1H3. The molecule has 4 heteroatoms. The number of phenols is 1. The molecule has 0 radical (unpaired) electrons. The fourth-order valence-electron chi connectivity index (χ4n) is 4.03. The first-order chi connectivity index (χ1) is 12.6. The van der Waals surface area contributed by atoms with Crippen LogP contribution in [0.1, 0.15) is 21.6 Å². The Morgan fingerprint density at radius 2 is 1.92 bits per heavy atom. The molecule has 1 aliphatic heterocycles. The number of carbonyl (C=O) groups is 1. The van der Waals surface area contributed by atoms with Gasteiger partial charge in [0, 0.05) is 16.6 Å². The molecule has 3 aromatic carbocycles. The third kappa shape index (κ3) is 1.99. The van der Waals surface area contributed by atoms with E-state index in [9.17, 15) is 9.90 Å². The Balaban J connectivity index is 1.79. The van der Waals surface area contributed by atoms with Gasteiger partial charge in [-0.05, 0) is 42.0 Å². The lowest BCUT2D eigenvalue weighted by Gasteiger charge is -2.17. The second-order valence-electron chi connectivity index (χ2n) is 6.65. The van der Waals surface area contributed by atoms with E-state index in [0.717, 1.165) is 45.2 Å². The summed E-state index contributed by atoms with van der Waals surface area (Å²) in [5.74, 6) is 1.03. The third-order valence-corrected chi connectivity index (χ3v) is 5.21. The monoisotopic (exact) mass is 343 g/mol. The highest BCUT2D eigenvalue weighted by Crippen LogP contribution is 2.37. The molecule has 4 aromatic rings. The van der Waals surface area contributed by atoms with E-state index in [1.54, 1.807) is 18.2 Å². The van der Waals surface area contributed by atoms with E-state index in [4.69, 9.17) is 4.74 Å². The smallest absolute Gasteiger partial charge is 0.196 e. The molecule has 0 amide bonds. The van der Waals surface area contributed by atoms with E-state index >= 15 is 0 Å². The highest BCUT2D eigenvalue weighted by atomic mass is 16.5. The second-order valence-corrected chi connectivity index (χ2v) is 6.65. The number of rotatable bonds is 2. The number of nitrogens with zero attached hydrogens (tertiary/aromatic N) is 1. The number of hydrogen-bond acceptors (Lipinski definition) is 3. The quantitative estimate of drug-likeness (QED) is 0.548. The zero-order valence-electron chi connectivity index (χ0n) is 14.3. The van der Waals surface area contributed by atoms with Crippen LogP contribution in [0.25, 0.3) is 21.7 Å². The Kier molecular flexibility index (Phi) is 3.10. The average molecular weight is 343 g/mol. The summed E-state index contributed by atoms with van der Waals surface area (Å²) in [6.45, 7) is 3.36. The van der Waals surface area contributed by atoms with E-state index in [0.29, 0.717) is 12.2 Å². The minimum atomic E-state index is 0.00147. The van der Waals surface area contributed by atoms with Crippen LogP contribution in [0.2, 0.25) is 0 Å². The van der Waals surface area contributed by atoms with Crippen LogP contribution in [0.4, 0.5) is 0 Å². The third-order valence-electron chi connectivity index (χ3n) is 5.21. The van der Waals surface area contributed by atoms with Gasteiger partial charge in [0.15, 0.2) is 5.78 Å².